The molecule has 0 spiro atoms. The van der Waals surface area contributed by atoms with Crippen LogP contribution in [0.5, 0.6) is 0 Å². The van der Waals surface area contributed by atoms with Crippen LogP contribution in [0.15, 0.2) is 54.7 Å². The lowest BCUT2D eigenvalue weighted by Crippen LogP contribution is -2.50. The van der Waals surface area contributed by atoms with Crippen LogP contribution in [0.1, 0.15) is 11.3 Å². The number of hydrogen-bond acceptors (Lipinski definition) is 2. The summed E-state index contributed by atoms with van der Waals surface area (Å²) in [6, 6.07) is 10.8. The highest BCUT2D eigenvalue weighted by Gasteiger charge is 2.40. The average molecular weight is 337 g/mol. The molecule has 2 amide bonds. The molecule has 0 bridgehead atoms. The number of pyridine rings is 1. The number of aromatic nitrogens is 1. The van der Waals surface area contributed by atoms with Crippen molar-refractivity contribution in [3.05, 3.63) is 66.0 Å². The van der Waals surface area contributed by atoms with Gasteiger partial charge in [0.1, 0.15) is 6.04 Å². The monoisotopic (exact) mass is 337 g/mol. The highest BCUT2D eigenvalue weighted by Crippen LogP contribution is 2.23. The third kappa shape index (κ3) is 5.91. The van der Waals surface area contributed by atoms with Crippen LogP contribution in [-0.4, -0.2) is 29.8 Å². The van der Waals surface area contributed by atoms with Gasteiger partial charge in [0, 0.05) is 31.3 Å². The van der Waals surface area contributed by atoms with E-state index in [1.165, 1.54) is 0 Å². The highest BCUT2D eigenvalue weighted by molar-refractivity contribution is 5.74. The molecule has 1 aromatic carbocycles. The van der Waals surface area contributed by atoms with Crippen molar-refractivity contribution in [2.75, 3.05) is 6.54 Å². The Labute approximate surface area is 138 Å². The molecule has 1 aromatic heterocycles. The minimum Gasteiger partial charge on any atom is -0.338 e. The Hall–Kier alpha value is -2.57. The van der Waals surface area contributed by atoms with Crippen molar-refractivity contribution >= 4 is 6.03 Å². The first kappa shape index (κ1) is 17.8. The Balaban J connectivity index is 1.85. The standard InChI is InChI=1S/C17H18F3N3O/c18-17(19,20)15(12-13-6-2-1-3-7-13)23-16(24)22-11-9-14-8-4-5-10-21-14/h1-8,10,15H,9,11-12H2,(H2,22,23,24)/t15-/m1/s1. The van der Waals surface area contributed by atoms with Gasteiger partial charge in [-0.05, 0) is 17.7 Å². The molecular weight excluding hydrogens is 319 g/mol. The Morgan fingerprint density at radius 3 is 2.42 bits per heavy atom. The third-order valence-electron chi connectivity index (χ3n) is 3.38. The van der Waals surface area contributed by atoms with E-state index < -0.39 is 18.2 Å². The number of nitrogens with one attached hydrogen (secondary N) is 2. The SMILES string of the molecule is O=C(NCCc1ccccn1)N[C@H](Cc1ccccc1)C(F)(F)F. The molecule has 0 fully saturated rings. The Morgan fingerprint density at radius 1 is 1.08 bits per heavy atom. The summed E-state index contributed by atoms with van der Waals surface area (Å²) >= 11 is 0. The Kier molecular flexibility index (Phi) is 6.17. The van der Waals surface area contributed by atoms with E-state index in [2.05, 4.69) is 10.3 Å². The van der Waals surface area contributed by atoms with E-state index in [1.54, 1.807) is 48.7 Å². The molecule has 24 heavy (non-hydrogen) atoms. The smallest absolute Gasteiger partial charge is 0.338 e. The number of hydrogen-bond donors (Lipinski definition) is 2. The van der Waals surface area contributed by atoms with E-state index >= 15 is 0 Å². The predicted molar refractivity (Wildman–Crippen MR) is 84.5 cm³/mol. The minimum absolute atomic E-state index is 0.207. The van der Waals surface area contributed by atoms with E-state index in [1.807, 2.05) is 11.4 Å². The van der Waals surface area contributed by atoms with Gasteiger partial charge in [-0.1, -0.05) is 36.4 Å². The van der Waals surface area contributed by atoms with Gasteiger partial charge in [-0.15, -0.1) is 0 Å². The van der Waals surface area contributed by atoms with E-state index in [4.69, 9.17) is 0 Å². The van der Waals surface area contributed by atoms with Crippen LogP contribution < -0.4 is 10.6 Å². The van der Waals surface area contributed by atoms with E-state index in [0.29, 0.717) is 12.0 Å². The second-order valence-electron chi connectivity index (χ2n) is 5.26. The van der Waals surface area contributed by atoms with Crippen molar-refractivity contribution in [3.8, 4) is 0 Å². The number of benzene rings is 1. The molecule has 0 saturated carbocycles. The average Bonchev–Trinajstić information content (AvgIpc) is 2.55. The van der Waals surface area contributed by atoms with Crippen LogP contribution in [0.25, 0.3) is 0 Å². The maximum atomic E-state index is 13.1. The van der Waals surface area contributed by atoms with Crippen molar-refractivity contribution in [1.82, 2.24) is 15.6 Å². The molecule has 0 aliphatic heterocycles. The van der Waals surface area contributed by atoms with Crippen LogP contribution >= 0.6 is 0 Å². The van der Waals surface area contributed by atoms with Crippen molar-refractivity contribution in [2.45, 2.75) is 25.1 Å². The maximum absolute atomic E-state index is 13.1. The van der Waals surface area contributed by atoms with Gasteiger partial charge >= 0.3 is 12.2 Å². The molecular formula is C17H18F3N3O. The fourth-order valence-corrected chi connectivity index (χ4v) is 2.16. The topological polar surface area (TPSA) is 54.0 Å². The molecule has 0 aliphatic carbocycles. The van der Waals surface area contributed by atoms with E-state index in [9.17, 15) is 18.0 Å². The molecule has 2 N–H and O–H groups in total. The number of carbonyl (C=O) groups is 1. The van der Waals surface area contributed by atoms with Gasteiger partial charge in [0.2, 0.25) is 0 Å². The lowest BCUT2D eigenvalue weighted by Gasteiger charge is -2.22. The van der Waals surface area contributed by atoms with Gasteiger partial charge in [-0.2, -0.15) is 13.2 Å². The largest absolute Gasteiger partial charge is 0.408 e. The van der Waals surface area contributed by atoms with Crippen LogP contribution in [-0.2, 0) is 12.8 Å². The van der Waals surface area contributed by atoms with Crippen LogP contribution in [0.2, 0.25) is 0 Å². The molecule has 0 saturated heterocycles. The Morgan fingerprint density at radius 2 is 1.79 bits per heavy atom. The summed E-state index contributed by atoms with van der Waals surface area (Å²) in [6.07, 6.45) is -2.76. The zero-order valence-electron chi connectivity index (χ0n) is 12.9. The first-order valence-corrected chi connectivity index (χ1v) is 7.50. The van der Waals surface area contributed by atoms with Crippen molar-refractivity contribution in [3.63, 3.8) is 0 Å². The summed E-state index contributed by atoms with van der Waals surface area (Å²) in [5.41, 5.74) is 1.27. The third-order valence-corrected chi connectivity index (χ3v) is 3.38. The van der Waals surface area contributed by atoms with Gasteiger partial charge in [0.25, 0.3) is 0 Å². The summed E-state index contributed by atoms with van der Waals surface area (Å²) in [6.45, 7) is 0.207. The van der Waals surface area contributed by atoms with Gasteiger partial charge in [-0.25, -0.2) is 4.79 Å². The number of alkyl halides is 3. The zero-order valence-corrected chi connectivity index (χ0v) is 12.9. The molecule has 128 valence electrons. The number of rotatable bonds is 6. The van der Waals surface area contributed by atoms with Crippen LogP contribution in [0, 0.1) is 0 Å². The summed E-state index contributed by atoms with van der Waals surface area (Å²) < 4.78 is 39.3. The lowest BCUT2D eigenvalue weighted by molar-refractivity contribution is -0.152. The second-order valence-corrected chi connectivity index (χ2v) is 5.26. The number of carbonyl (C=O) groups excluding carboxylic acids is 1. The molecule has 0 radical (unpaired) electrons. The molecule has 7 heteroatoms. The van der Waals surface area contributed by atoms with Gasteiger partial charge in [0.15, 0.2) is 0 Å². The molecule has 1 heterocycles. The lowest BCUT2D eigenvalue weighted by atomic mass is 10.1. The number of nitrogens with zero attached hydrogens (tertiary/aromatic N) is 1. The van der Waals surface area contributed by atoms with Gasteiger partial charge < -0.3 is 10.6 Å². The summed E-state index contributed by atoms with van der Waals surface area (Å²) in [4.78, 5) is 15.8. The summed E-state index contributed by atoms with van der Waals surface area (Å²) in [5.74, 6) is 0. The first-order valence-electron chi connectivity index (χ1n) is 7.50. The van der Waals surface area contributed by atoms with Crippen molar-refractivity contribution in [2.24, 2.45) is 0 Å². The van der Waals surface area contributed by atoms with Gasteiger partial charge in [0.05, 0.1) is 0 Å². The van der Waals surface area contributed by atoms with Gasteiger partial charge in [-0.3, -0.25) is 4.98 Å². The fraction of sp³-hybridized carbons (Fsp3) is 0.294. The fourth-order valence-electron chi connectivity index (χ4n) is 2.16. The number of amides is 2. The molecule has 2 rings (SSSR count). The predicted octanol–water partition coefficient (Wildman–Crippen LogP) is 3.10. The molecule has 0 aliphatic rings. The van der Waals surface area contributed by atoms with E-state index in [0.717, 1.165) is 5.69 Å². The van der Waals surface area contributed by atoms with Crippen molar-refractivity contribution in [1.29, 1.82) is 0 Å². The van der Waals surface area contributed by atoms with Crippen LogP contribution in [0.4, 0.5) is 18.0 Å². The highest BCUT2D eigenvalue weighted by atomic mass is 19.4. The number of halogens is 3. The summed E-state index contributed by atoms with van der Waals surface area (Å²) in [5, 5.41) is 4.43. The minimum atomic E-state index is -4.52. The Bertz CT molecular complexity index is 633. The van der Waals surface area contributed by atoms with E-state index in [-0.39, 0.29) is 13.0 Å². The summed E-state index contributed by atoms with van der Waals surface area (Å²) in [7, 11) is 0. The zero-order chi connectivity index (χ0) is 17.4. The molecule has 1 atom stereocenters. The quantitative estimate of drug-likeness (QED) is 0.851. The number of urea groups is 1. The first-order chi connectivity index (χ1) is 11.4. The maximum Gasteiger partial charge on any atom is 0.408 e. The molecule has 0 unspecified atom stereocenters. The normalized spacial score (nSPS) is 12.5. The molecule has 2 aromatic rings. The van der Waals surface area contributed by atoms with Crippen molar-refractivity contribution < 1.29 is 18.0 Å². The molecule has 4 nitrogen and oxygen atoms in total. The van der Waals surface area contributed by atoms with Crippen LogP contribution in [0.3, 0.4) is 0 Å². The second kappa shape index (κ2) is 8.33.